The lowest BCUT2D eigenvalue weighted by molar-refractivity contribution is -0.145. The van der Waals surface area contributed by atoms with Crippen molar-refractivity contribution in [2.24, 2.45) is 0 Å². The molecular formula is C21H16N2O3. The predicted molar refractivity (Wildman–Crippen MR) is 98.2 cm³/mol. The molecule has 1 saturated heterocycles. The highest BCUT2D eigenvalue weighted by atomic mass is 16.3. The molecule has 0 aliphatic carbocycles. The minimum atomic E-state index is -2.27. The molecule has 1 heterocycles. The maximum atomic E-state index is 13.2. The lowest BCUT2D eigenvalue weighted by atomic mass is 9.93. The number of aliphatic hydroxyl groups is 1. The third kappa shape index (κ3) is 2.29. The number of nitrogens with zero attached hydrogens (tertiary/aromatic N) is 2. The average molecular weight is 344 g/mol. The third-order valence-corrected chi connectivity index (χ3v) is 4.40. The van der Waals surface area contributed by atoms with Crippen LogP contribution in [0, 0.1) is 0 Å². The summed E-state index contributed by atoms with van der Waals surface area (Å²) in [5.41, 5.74) is -1.02. The summed E-state index contributed by atoms with van der Waals surface area (Å²) in [4.78, 5) is 26.5. The number of rotatable bonds is 3. The van der Waals surface area contributed by atoms with Crippen LogP contribution in [0.4, 0.5) is 11.4 Å². The second-order valence-corrected chi connectivity index (χ2v) is 5.98. The highest BCUT2D eigenvalue weighted by Gasteiger charge is 2.59. The number of anilines is 2. The molecule has 0 spiro atoms. The number of hydrogen-bond donors (Lipinski definition) is 1. The zero-order valence-electron chi connectivity index (χ0n) is 13.8. The monoisotopic (exact) mass is 344 g/mol. The fraction of sp³-hybridized carbons (Fsp3) is 0.0476. The van der Waals surface area contributed by atoms with Gasteiger partial charge in [-0.25, -0.2) is 10.0 Å². The van der Waals surface area contributed by atoms with Gasteiger partial charge in [0.2, 0.25) is 0 Å². The second-order valence-electron chi connectivity index (χ2n) is 5.98. The van der Waals surface area contributed by atoms with Gasteiger partial charge in [-0.1, -0.05) is 66.7 Å². The van der Waals surface area contributed by atoms with E-state index in [9.17, 15) is 14.7 Å². The van der Waals surface area contributed by atoms with E-state index in [4.69, 9.17) is 0 Å². The molecule has 5 heteroatoms. The molecule has 0 unspecified atom stereocenters. The minimum absolute atomic E-state index is 0.245. The van der Waals surface area contributed by atoms with Crippen molar-refractivity contribution in [1.82, 2.24) is 0 Å². The number of hydrogen-bond acceptors (Lipinski definition) is 3. The average Bonchev–Trinajstić information content (AvgIpc) is 2.92. The molecule has 1 aliphatic rings. The molecule has 5 nitrogen and oxygen atoms in total. The first kappa shape index (κ1) is 16.1. The van der Waals surface area contributed by atoms with Crippen molar-refractivity contribution in [2.75, 3.05) is 10.0 Å². The summed E-state index contributed by atoms with van der Waals surface area (Å²) < 4.78 is 0. The molecule has 1 aliphatic heterocycles. The summed E-state index contributed by atoms with van der Waals surface area (Å²) in [5.74, 6) is -1.41. The smallest absolute Gasteiger partial charge is 0.292 e. The van der Waals surface area contributed by atoms with Gasteiger partial charge in [-0.2, -0.15) is 0 Å². The molecule has 3 aromatic carbocycles. The molecule has 1 N–H and O–H groups in total. The first-order valence-corrected chi connectivity index (χ1v) is 8.21. The molecule has 3 aromatic rings. The highest BCUT2D eigenvalue weighted by molar-refractivity contribution is 6.28. The lowest BCUT2D eigenvalue weighted by Gasteiger charge is -2.27. The van der Waals surface area contributed by atoms with E-state index in [2.05, 4.69) is 0 Å². The Labute approximate surface area is 150 Å². The van der Waals surface area contributed by atoms with Crippen LogP contribution in [0.2, 0.25) is 0 Å². The van der Waals surface area contributed by atoms with Gasteiger partial charge < -0.3 is 5.11 Å². The van der Waals surface area contributed by atoms with Crippen molar-refractivity contribution >= 4 is 23.2 Å². The maximum Gasteiger partial charge on any atom is 0.292 e. The Kier molecular flexibility index (Phi) is 3.78. The van der Waals surface area contributed by atoms with Crippen LogP contribution in [0.1, 0.15) is 5.56 Å². The molecule has 0 atom stereocenters. The van der Waals surface area contributed by atoms with E-state index in [1.54, 1.807) is 78.9 Å². The summed E-state index contributed by atoms with van der Waals surface area (Å²) >= 11 is 0. The Balaban J connectivity index is 1.91. The molecule has 0 saturated carbocycles. The summed E-state index contributed by atoms with van der Waals surface area (Å²) in [6.07, 6.45) is 0. The van der Waals surface area contributed by atoms with E-state index in [-0.39, 0.29) is 5.56 Å². The summed E-state index contributed by atoms with van der Waals surface area (Å²) in [6.45, 7) is 0. The van der Waals surface area contributed by atoms with E-state index < -0.39 is 17.4 Å². The van der Waals surface area contributed by atoms with Crippen molar-refractivity contribution in [3.05, 3.63) is 96.6 Å². The predicted octanol–water partition coefficient (Wildman–Crippen LogP) is 2.87. The van der Waals surface area contributed by atoms with Gasteiger partial charge in [-0.05, 0) is 24.3 Å². The zero-order chi connectivity index (χ0) is 18.1. The van der Waals surface area contributed by atoms with Crippen LogP contribution in [0.5, 0.6) is 0 Å². The molecule has 2 amide bonds. The first-order chi connectivity index (χ1) is 12.6. The van der Waals surface area contributed by atoms with Gasteiger partial charge in [-0.3, -0.25) is 9.59 Å². The van der Waals surface area contributed by atoms with Gasteiger partial charge in [0.25, 0.3) is 17.4 Å². The Morgan fingerprint density at radius 1 is 0.577 bits per heavy atom. The lowest BCUT2D eigenvalue weighted by Crippen LogP contribution is -2.41. The Hall–Kier alpha value is -3.44. The number of benzene rings is 3. The van der Waals surface area contributed by atoms with E-state index in [1.165, 1.54) is 10.0 Å². The first-order valence-electron chi connectivity index (χ1n) is 8.21. The van der Waals surface area contributed by atoms with Crippen molar-refractivity contribution in [1.29, 1.82) is 0 Å². The Morgan fingerprint density at radius 2 is 0.923 bits per heavy atom. The number of hydrazine groups is 1. The van der Waals surface area contributed by atoms with Gasteiger partial charge in [0.05, 0.1) is 11.4 Å². The molecule has 4 rings (SSSR count). The number of carbonyl (C=O) groups excluding carboxylic acids is 2. The van der Waals surface area contributed by atoms with E-state index in [1.807, 2.05) is 12.1 Å². The number of carbonyl (C=O) groups is 2. The second kappa shape index (κ2) is 6.13. The van der Waals surface area contributed by atoms with Gasteiger partial charge in [0.15, 0.2) is 0 Å². The normalized spacial score (nSPS) is 16.2. The molecule has 128 valence electrons. The topological polar surface area (TPSA) is 60.9 Å². The van der Waals surface area contributed by atoms with Crippen LogP contribution in [-0.4, -0.2) is 16.9 Å². The fourth-order valence-electron chi connectivity index (χ4n) is 3.11. The van der Waals surface area contributed by atoms with Gasteiger partial charge >= 0.3 is 0 Å². The van der Waals surface area contributed by atoms with Crippen molar-refractivity contribution in [3.63, 3.8) is 0 Å². The van der Waals surface area contributed by atoms with E-state index in [0.717, 1.165) is 0 Å². The van der Waals surface area contributed by atoms with E-state index in [0.29, 0.717) is 11.4 Å². The third-order valence-electron chi connectivity index (χ3n) is 4.40. The summed E-state index contributed by atoms with van der Waals surface area (Å²) in [6, 6.07) is 25.9. The van der Waals surface area contributed by atoms with Crippen molar-refractivity contribution in [2.45, 2.75) is 5.60 Å². The molecule has 0 radical (unpaired) electrons. The van der Waals surface area contributed by atoms with Crippen molar-refractivity contribution in [3.8, 4) is 0 Å². The largest absolute Gasteiger partial charge is 0.368 e. The van der Waals surface area contributed by atoms with Crippen LogP contribution >= 0.6 is 0 Å². The molecule has 26 heavy (non-hydrogen) atoms. The van der Waals surface area contributed by atoms with Crippen LogP contribution in [0.3, 0.4) is 0 Å². The van der Waals surface area contributed by atoms with Crippen LogP contribution in [0.15, 0.2) is 91.0 Å². The number of amides is 2. The minimum Gasteiger partial charge on any atom is -0.368 e. The van der Waals surface area contributed by atoms with Crippen LogP contribution < -0.4 is 10.0 Å². The van der Waals surface area contributed by atoms with Gasteiger partial charge in [0.1, 0.15) is 0 Å². The molecule has 0 aromatic heterocycles. The van der Waals surface area contributed by atoms with Crippen LogP contribution in [0.25, 0.3) is 0 Å². The van der Waals surface area contributed by atoms with Gasteiger partial charge in [0, 0.05) is 5.56 Å². The number of para-hydroxylation sites is 2. The Bertz CT molecular complexity index is 885. The summed E-state index contributed by atoms with van der Waals surface area (Å²) in [5, 5.41) is 13.6. The van der Waals surface area contributed by atoms with E-state index >= 15 is 0 Å². The zero-order valence-corrected chi connectivity index (χ0v) is 13.8. The van der Waals surface area contributed by atoms with Crippen LogP contribution in [-0.2, 0) is 15.2 Å². The van der Waals surface area contributed by atoms with Crippen molar-refractivity contribution < 1.29 is 14.7 Å². The fourth-order valence-corrected chi connectivity index (χ4v) is 3.11. The Morgan fingerprint density at radius 3 is 1.31 bits per heavy atom. The molecule has 0 bridgehead atoms. The molecule has 1 fully saturated rings. The van der Waals surface area contributed by atoms with Gasteiger partial charge in [-0.15, -0.1) is 0 Å². The molecular weight excluding hydrogens is 328 g/mol. The maximum absolute atomic E-state index is 13.2. The quantitative estimate of drug-likeness (QED) is 0.743. The highest BCUT2D eigenvalue weighted by Crippen LogP contribution is 2.38. The standard InChI is InChI=1S/C21H16N2O3/c24-19-21(26,16-10-4-1-5-11-16)20(25)23(18-14-8-3-9-15-18)22(19)17-12-6-2-7-13-17/h1-15,26H. The summed E-state index contributed by atoms with van der Waals surface area (Å²) in [7, 11) is 0. The SMILES string of the molecule is O=C1N(c2ccccc2)N(c2ccccc2)C(=O)C1(O)c1ccccc1.